The summed E-state index contributed by atoms with van der Waals surface area (Å²) >= 11 is 0. The number of carbonyl (C=O) groups is 3. The first-order valence-electron chi connectivity index (χ1n) is 16.5. The molecule has 0 unspecified atom stereocenters. The van der Waals surface area contributed by atoms with Crippen molar-refractivity contribution in [3.05, 3.63) is 12.2 Å². The molecule has 0 aromatic heterocycles. The van der Waals surface area contributed by atoms with Crippen molar-refractivity contribution < 1.29 is 34.2 Å². The van der Waals surface area contributed by atoms with E-state index < -0.39 is 17.9 Å². The van der Waals surface area contributed by atoms with E-state index in [0.29, 0.717) is 6.54 Å². The number of rotatable bonds is 31. The fourth-order valence-electron chi connectivity index (χ4n) is 5.42. The van der Waals surface area contributed by atoms with Gasteiger partial charge in [0, 0.05) is 0 Å². The molecule has 3 N–H and O–H groups in total. The van der Waals surface area contributed by atoms with E-state index in [1.807, 2.05) is 0 Å². The zero-order valence-electron chi connectivity index (χ0n) is 25.8. The fraction of sp³-hybridized carbons (Fsp3) is 0.848. The molecular formula is C33H62NO6+. The number of hydrogen-bond donors (Lipinski definition) is 3. The van der Waals surface area contributed by atoms with Crippen LogP contribution in [0.25, 0.3) is 0 Å². The van der Waals surface area contributed by atoms with Gasteiger partial charge in [-0.2, -0.15) is 0 Å². The highest BCUT2D eigenvalue weighted by molar-refractivity contribution is 5.67. The van der Waals surface area contributed by atoms with Crippen LogP contribution in [-0.4, -0.2) is 63.9 Å². The van der Waals surface area contributed by atoms with Gasteiger partial charge < -0.3 is 19.8 Å². The molecule has 0 atom stereocenters. The molecule has 0 rings (SSSR count). The van der Waals surface area contributed by atoms with Gasteiger partial charge in [0.1, 0.15) is 0 Å². The van der Waals surface area contributed by atoms with Gasteiger partial charge in [-0.1, -0.05) is 109 Å². The second-order valence-electron chi connectivity index (χ2n) is 11.7. The van der Waals surface area contributed by atoms with Gasteiger partial charge in [0.15, 0.2) is 0 Å². The van der Waals surface area contributed by atoms with Crippen molar-refractivity contribution in [3.63, 3.8) is 0 Å². The average molecular weight is 569 g/mol. The van der Waals surface area contributed by atoms with E-state index in [4.69, 9.17) is 15.3 Å². The third-order valence-electron chi connectivity index (χ3n) is 8.04. The molecule has 0 aliphatic carbocycles. The molecule has 0 aliphatic heterocycles. The van der Waals surface area contributed by atoms with Crippen LogP contribution in [0.5, 0.6) is 0 Å². The summed E-state index contributed by atoms with van der Waals surface area (Å²) < 4.78 is 0.257. The molecule has 0 saturated heterocycles. The van der Waals surface area contributed by atoms with E-state index in [0.717, 1.165) is 38.5 Å². The second-order valence-corrected chi connectivity index (χ2v) is 11.7. The quantitative estimate of drug-likeness (QED) is 0.0438. The van der Waals surface area contributed by atoms with Crippen LogP contribution in [0.1, 0.15) is 155 Å². The highest BCUT2D eigenvalue weighted by atomic mass is 16.4. The number of unbranched alkanes of at least 4 members (excludes halogenated alkanes) is 18. The smallest absolute Gasteiger partial charge is 0.309 e. The molecule has 0 amide bonds. The lowest BCUT2D eigenvalue weighted by Gasteiger charge is -2.38. The summed E-state index contributed by atoms with van der Waals surface area (Å²) in [5, 5.41) is 27.4. The van der Waals surface area contributed by atoms with Gasteiger partial charge in [-0.25, -0.2) is 0 Å². The van der Waals surface area contributed by atoms with E-state index in [-0.39, 0.29) is 43.4 Å². The third-order valence-corrected chi connectivity index (χ3v) is 8.04. The third kappa shape index (κ3) is 26.3. The van der Waals surface area contributed by atoms with Crippen molar-refractivity contribution in [2.75, 3.05) is 26.2 Å². The number of allylic oxidation sites excluding steroid dienone is 2. The van der Waals surface area contributed by atoms with Crippen molar-refractivity contribution >= 4 is 17.9 Å². The summed E-state index contributed by atoms with van der Waals surface area (Å²) in [4.78, 5) is 33.4. The molecule has 40 heavy (non-hydrogen) atoms. The Hall–Kier alpha value is -1.89. The van der Waals surface area contributed by atoms with E-state index in [2.05, 4.69) is 19.1 Å². The number of aliphatic carboxylic acids is 3. The maximum atomic E-state index is 11.1. The highest BCUT2D eigenvalue weighted by Gasteiger charge is 2.29. The largest absolute Gasteiger partial charge is 0.481 e. The first kappa shape index (κ1) is 38.1. The molecule has 234 valence electrons. The van der Waals surface area contributed by atoms with E-state index in [1.54, 1.807) is 0 Å². The van der Waals surface area contributed by atoms with Crippen LogP contribution >= 0.6 is 0 Å². The summed E-state index contributed by atoms with van der Waals surface area (Å²) in [6.45, 7) is 3.74. The molecule has 0 heterocycles. The van der Waals surface area contributed by atoms with Crippen molar-refractivity contribution in [2.24, 2.45) is 0 Å². The van der Waals surface area contributed by atoms with Crippen LogP contribution in [0.4, 0.5) is 0 Å². The van der Waals surface area contributed by atoms with Crippen LogP contribution in [0.15, 0.2) is 12.2 Å². The van der Waals surface area contributed by atoms with Crippen molar-refractivity contribution in [2.45, 2.75) is 155 Å². The van der Waals surface area contributed by atoms with E-state index >= 15 is 0 Å². The minimum atomic E-state index is -0.935. The predicted molar refractivity (Wildman–Crippen MR) is 164 cm³/mol. The van der Waals surface area contributed by atoms with Crippen molar-refractivity contribution in [3.8, 4) is 0 Å². The minimum absolute atomic E-state index is 0.0785. The van der Waals surface area contributed by atoms with Crippen molar-refractivity contribution in [1.82, 2.24) is 0 Å². The first-order valence-corrected chi connectivity index (χ1v) is 16.5. The van der Waals surface area contributed by atoms with Crippen LogP contribution in [0.2, 0.25) is 0 Å². The lowest BCUT2D eigenvalue weighted by Crippen LogP contribution is -2.52. The standard InChI is InChI=1S/C33H61NO6/c1-2-3-4-5-6-7-8-9-10-11-12-13-14-15-16-17-18-19-20-21-22-23-27-34(28-24-31(35)36,29-25-32(37)38)30-26-33(39)40/h16-17H,2-15,18-30H2,1H3,(H2-,35,36,37,38,39,40)/p+1/b17-16+. The zero-order valence-corrected chi connectivity index (χ0v) is 25.8. The maximum absolute atomic E-state index is 11.1. The Bertz CT molecular complexity index is 618. The topological polar surface area (TPSA) is 112 Å². The van der Waals surface area contributed by atoms with Gasteiger partial charge in [-0.15, -0.1) is 0 Å². The molecule has 0 radical (unpaired) electrons. The van der Waals surface area contributed by atoms with E-state index in [9.17, 15) is 14.4 Å². The Balaban J connectivity index is 3.86. The van der Waals surface area contributed by atoms with Crippen molar-refractivity contribution in [1.29, 1.82) is 0 Å². The monoisotopic (exact) mass is 568 g/mol. The van der Waals surface area contributed by atoms with Gasteiger partial charge in [0.05, 0.1) is 45.4 Å². The molecule has 7 nitrogen and oxygen atoms in total. The lowest BCUT2D eigenvalue weighted by atomic mass is 10.0. The Morgan fingerprint density at radius 3 is 1.07 bits per heavy atom. The van der Waals surface area contributed by atoms with Crippen LogP contribution in [0.3, 0.4) is 0 Å². The predicted octanol–water partition coefficient (Wildman–Crippen LogP) is 8.61. The Labute approximate surface area is 245 Å². The Morgan fingerprint density at radius 2 is 0.750 bits per heavy atom. The summed E-state index contributed by atoms with van der Waals surface area (Å²) in [5.41, 5.74) is 0. The first-order chi connectivity index (χ1) is 19.3. The zero-order chi connectivity index (χ0) is 29.7. The summed E-state index contributed by atoms with van der Waals surface area (Å²) in [6.07, 6.45) is 30.0. The second kappa shape index (κ2) is 27.3. The average Bonchev–Trinajstić information content (AvgIpc) is 2.92. The molecule has 0 aromatic rings. The highest BCUT2D eigenvalue weighted by Crippen LogP contribution is 2.17. The fourth-order valence-corrected chi connectivity index (χ4v) is 5.42. The van der Waals surface area contributed by atoms with Crippen LogP contribution in [0, 0.1) is 0 Å². The van der Waals surface area contributed by atoms with E-state index in [1.165, 1.54) is 89.9 Å². The summed E-state index contributed by atoms with van der Waals surface area (Å²) in [5.74, 6) is -2.80. The molecular weight excluding hydrogens is 506 g/mol. The van der Waals surface area contributed by atoms with Gasteiger partial charge >= 0.3 is 17.9 Å². The Morgan fingerprint density at radius 1 is 0.450 bits per heavy atom. The molecule has 0 saturated carbocycles. The normalized spacial score (nSPS) is 11.8. The van der Waals surface area contributed by atoms with Gasteiger partial charge in [0.25, 0.3) is 0 Å². The molecule has 0 bridgehead atoms. The van der Waals surface area contributed by atoms with Gasteiger partial charge in [-0.3, -0.25) is 14.4 Å². The molecule has 0 fully saturated rings. The van der Waals surface area contributed by atoms with Crippen LogP contribution < -0.4 is 0 Å². The minimum Gasteiger partial charge on any atom is -0.481 e. The lowest BCUT2D eigenvalue weighted by molar-refractivity contribution is -0.927. The molecule has 0 aliphatic rings. The number of nitrogens with zero attached hydrogens (tertiary/aromatic N) is 1. The number of quaternary nitrogens is 1. The van der Waals surface area contributed by atoms with Gasteiger partial charge in [-0.05, 0) is 38.5 Å². The Kier molecular flexibility index (Phi) is 26.0. The maximum Gasteiger partial charge on any atom is 0.309 e. The van der Waals surface area contributed by atoms with Crippen LogP contribution in [-0.2, 0) is 14.4 Å². The summed E-state index contributed by atoms with van der Waals surface area (Å²) in [7, 11) is 0. The number of carboxylic acids is 3. The number of carboxylic acid groups (broad SMARTS) is 3. The molecule has 0 spiro atoms. The van der Waals surface area contributed by atoms with Gasteiger partial charge in [0.2, 0.25) is 0 Å². The SMILES string of the molecule is CCCCCCCCCCCCCCC/C=C/CCCCCCC[N+](CCC(=O)O)(CCC(=O)O)CCC(=O)O. The molecule has 7 heteroatoms. The summed E-state index contributed by atoms with van der Waals surface area (Å²) in [6, 6.07) is 0. The number of hydrogen-bond acceptors (Lipinski definition) is 3. The molecule has 0 aromatic carbocycles.